The summed E-state index contributed by atoms with van der Waals surface area (Å²) in [6.45, 7) is -0.332. The summed E-state index contributed by atoms with van der Waals surface area (Å²) in [6.07, 6.45) is 1.12. The third kappa shape index (κ3) is 4.22. The number of carbonyl (C=O) groups excluding carboxylic acids is 1. The van der Waals surface area contributed by atoms with Crippen LogP contribution in [0.1, 0.15) is 5.56 Å². The van der Waals surface area contributed by atoms with Crippen LogP contribution < -0.4 is 15.1 Å². The lowest BCUT2D eigenvalue weighted by Gasteiger charge is -2.33. The molecular weight excluding hydrogens is 497 g/mol. The lowest BCUT2D eigenvalue weighted by atomic mass is 9.78. The Kier molecular flexibility index (Phi) is 6.13. The maximum atomic E-state index is 13.5. The van der Waals surface area contributed by atoms with E-state index in [9.17, 15) is 26.4 Å². The topological polar surface area (TPSA) is 111 Å². The van der Waals surface area contributed by atoms with Gasteiger partial charge in [0.2, 0.25) is 11.6 Å². The number of primary amides is 1. The smallest absolute Gasteiger partial charge is 0.438 e. The number of rotatable bonds is 5. The molecule has 36 heavy (non-hydrogen) atoms. The summed E-state index contributed by atoms with van der Waals surface area (Å²) in [4.78, 5) is 17.0. The van der Waals surface area contributed by atoms with Crippen molar-refractivity contribution in [2.45, 2.75) is 16.5 Å². The molecular formula is C24H22F3N4O4S+. The Morgan fingerprint density at radius 1 is 1.11 bits per heavy atom. The number of aliphatic imine (C=N–C) groups is 1. The number of dihydropyridines is 1. The molecule has 0 saturated heterocycles. The number of carbonyl (C=O) groups is 1. The van der Waals surface area contributed by atoms with Gasteiger partial charge in [-0.1, -0.05) is 34.0 Å². The Bertz CT molecular complexity index is 1450. The molecule has 0 saturated carbocycles. The van der Waals surface area contributed by atoms with Crippen molar-refractivity contribution >= 4 is 33.0 Å². The Morgan fingerprint density at radius 3 is 2.28 bits per heavy atom. The summed E-state index contributed by atoms with van der Waals surface area (Å²) in [5, 5.41) is 3.95. The van der Waals surface area contributed by atoms with Crippen molar-refractivity contribution in [1.29, 1.82) is 0 Å². The van der Waals surface area contributed by atoms with Gasteiger partial charge >= 0.3 is 6.18 Å². The van der Waals surface area contributed by atoms with Gasteiger partial charge in [-0.2, -0.15) is 13.2 Å². The minimum atomic E-state index is -4.70. The van der Waals surface area contributed by atoms with E-state index in [2.05, 4.69) is 10.1 Å². The SMILES string of the molecule is COc1ccc([N+]2(C3=NCC(C(N)=O)(c4ccccc4S(C)(=O)=O)C=C3)C=CC(C(F)(F)F)=N2)cc1. The summed E-state index contributed by atoms with van der Waals surface area (Å²) in [5.74, 6) is -0.291. The van der Waals surface area contributed by atoms with Crippen molar-refractivity contribution < 1.29 is 31.1 Å². The molecule has 2 N–H and O–H groups in total. The van der Waals surface area contributed by atoms with Crippen LogP contribution in [0.2, 0.25) is 0 Å². The molecule has 0 spiro atoms. The van der Waals surface area contributed by atoms with Gasteiger partial charge in [0.1, 0.15) is 17.4 Å². The van der Waals surface area contributed by atoms with Crippen molar-refractivity contribution in [1.82, 2.24) is 4.59 Å². The van der Waals surface area contributed by atoms with Crippen molar-refractivity contribution in [3.8, 4) is 5.75 Å². The molecule has 2 aromatic carbocycles. The molecule has 1 amide bonds. The van der Waals surface area contributed by atoms with E-state index in [-0.39, 0.29) is 22.8 Å². The highest BCUT2D eigenvalue weighted by molar-refractivity contribution is 7.90. The van der Waals surface area contributed by atoms with Crippen LogP contribution >= 0.6 is 0 Å². The third-order valence-corrected chi connectivity index (χ3v) is 7.19. The van der Waals surface area contributed by atoms with Crippen LogP contribution in [0.25, 0.3) is 0 Å². The predicted octanol–water partition coefficient (Wildman–Crippen LogP) is 3.24. The van der Waals surface area contributed by atoms with E-state index < -0.39 is 37.6 Å². The quantitative estimate of drug-likeness (QED) is 0.612. The first-order valence-corrected chi connectivity index (χ1v) is 12.5. The number of hydrogen-bond acceptors (Lipinski definition) is 6. The summed E-state index contributed by atoms with van der Waals surface area (Å²) in [5.41, 5.74) is 3.46. The van der Waals surface area contributed by atoms with Crippen LogP contribution in [0.15, 0.2) is 87.9 Å². The van der Waals surface area contributed by atoms with Gasteiger partial charge in [0, 0.05) is 30.5 Å². The van der Waals surface area contributed by atoms with Crippen LogP contribution in [0.3, 0.4) is 0 Å². The monoisotopic (exact) mass is 519 g/mol. The third-order valence-electron chi connectivity index (χ3n) is 6.03. The van der Waals surface area contributed by atoms with Crippen molar-refractivity contribution in [2.75, 3.05) is 19.9 Å². The minimum absolute atomic E-state index is 0.0735. The van der Waals surface area contributed by atoms with E-state index in [1.54, 1.807) is 30.3 Å². The summed E-state index contributed by atoms with van der Waals surface area (Å²) >= 11 is 0. The second kappa shape index (κ2) is 8.71. The number of nitrogens with zero attached hydrogens (tertiary/aromatic N) is 3. The number of nitrogens with two attached hydrogens (primary N) is 1. The largest absolute Gasteiger partial charge is 0.497 e. The number of allylic oxidation sites excluding steroid dienone is 1. The fourth-order valence-corrected chi connectivity index (χ4v) is 5.13. The number of alkyl halides is 3. The highest BCUT2D eigenvalue weighted by Gasteiger charge is 2.49. The van der Waals surface area contributed by atoms with E-state index in [1.807, 2.05) is 0 Å². The van der Waals surface area contributed by atoms with Crippen LogP contribution in [0, 0.1) is 0 Å². The molecule has 0 radical (unpaired) electrons. The second-order valence-corrected chi connectivity index (χ2v) is 10.3. The molecule has 2 atom stereocenters. The first kappa shape index (κ1) is 25.3. The Hall–Kier alpha value is -3.77. The normalized spacial score (nSPS) is 23.8. The number of ether oxygens (including phenoxy) is 1. The molecule has 188 valence electrons. The van der Waals surface area contributed by atoms with Crippen LogP contribution in [0.5, 0.6) is 5.75 Å². The molecule has 2 aromatic rings. The van der Waals surface area contributed by atoms with Crippen molar-refractivity contribution in [3.63, 3.8) is 0 Å². The number of quaternary nitrogens is 1. The lowest BCUT2D eigenvalue weighted by molar-refractivity contribution is -0.121. The number of halogens is 3. The van der Waals surface area contributed by atoms with Crippen molar-refractivity contribution in [3.05, 3.63) is 78.5 Å². The zero-order chi connectivity index (χ0) is 26.4. The minimum Gasteiger partial charge on any atom is -0.497 e. The maximum Gasteiger partial charge on any atom is 0.438 e. The average molecular weight is 520 g/mol. The standard InChI is InChI=1S/C24H21F3N4O4S/c1-35-17-9-7-16(8-10-17)31(14-12-20(30-31)24(25,26)27)21-11-13-23(15-29-21,22(28)32)18-5-3-4-6-19(18)36(2,33)34/h3-14H,15H2,1-2H3,(H-,28,32)/p+1. The predicted molar refractivity (Wildman–Crippen MR) is 129 cm³/mol. The molecule has 2 unspecified atom stereocenters. The Balaban J connectivity index is 1.86. The molecule has 0 bridgehead atoms. The summed E-state index contributed by atoms with van der Waals surface area (Å²) in [6, 6.07) is 12.2. The number of sulfone groups is 1. The highest BCUT2D eigenvalue weighted by Crippen LogP contribution is 2.38. The van der Waals surface area contributed by atoms with E-state index >= 15 is 0 Å². The van der Waals surface area contributed by atoms with Gasteiger partial charge in [-0.05, 0) is 23.8 Å². The number of hydrogen-bond donors (Lipinski definition) is 1. The maximum absolute atomic E-state index is 13.5. The number of amides is 1. The zero-order valence-corrected chi connectivity index (χ0v) is 20.0. The Morgan fingerprint density at radius 2 is 1.78 bits per heavy atom. The molecule has 2 heterocycles. The molecule has 4 rings (SSSR count). The van der Waals surface area contributed by atoms with Gasteiger partial charge in [-0.15, -0.1) is 0 Å². The highest BCUT2D eigenvalue weighted by atomic mass is 32.2. The van der Waals surface area contributed by atoms with E-state index in [0.29, 0.717) is 11.4 Å². The number of amidine groups is 1. The molecule has 2 aliphatic rings. The summed E-state index contributed by atoms with van der Waals surface area (Å²) in [7, 11) is -2.27. The number of methoxy groups -OCH3 is 1. The van der Waals surface area contributed by atoms with E-state index in [1.165, 1.54) is 43.7 Å². The van der Waals surface area contributed by atoms with E-state index in [4.69, 9.17) is 10.5 Å². The molecule has 8 nitrogen and oxygen atoms in total. The Labute approximate surface area is 205 Å². The van der Waals surface area contributed by atoms with Gasteiger partial charge in [-0.25, -0.2) is 13.4 Å². The van der Waals surface area contributed by atoms with Crippen molar-refractivity contribution in [2.24, 2.45) is 15.8 Å². The zero-order valence-electron chi connectivity index (χ0n) is 19.2. The average Bonchev–Trinajstić information content (AvgIpc) is 3.31. The van der Waals surface area contributed by atoms with Gasteiger partial charge in [0.25, 0.3) is 5.84 Å². The van der Waals surface area contributed by atoms with Crippen LogP contribution in [0.4, 0.5) is 18.9 Å². The molecule has 2 aliphatic heterocycles. The molecule has 12 heteroatoms. The van der Waals surface area contributed by atoms with Gasteiger partial charge in [-0.3, -0.25) is 4.79 Å². The first-order chi connectivity index (χ1) is 16.8. The molecule has 0 aliphatic carbocycles. The van der Waals surface area contributed by atoms with Crippen LogP contribution in [-0.4, -0.2) is 52.0 Å². The van der Waals surface area contributed by atoms with E-state index in [0.717, 1.165) is 12.3 Å². The fourth-order valence-electron chi connectivity index (χ4n) is 4.16. The molecule has 0 fully saturated rings. The first-order valence-electron chi connectivity index (χ1n) is 10.6. The summed E-state index contributed by atoms with van der Waals surface area (Å²) < 4.78 is 69.8. The van der Waals surface area contributed by atoms with Gasteiger partial charge in [0.05, 0.1) is 18.6 Å². The number of benzene rings is 2. The van der Waals surface area contributed by atoms with Gasteiger partial charge < -0.3 is 10.5 Å². The van der Waals surface area contributed by atoms with Gasteiger partial charge in [0.15, 0.2) is 15.5 Å². The fraction of sp³-hybridized carbons (Fsp3) is 0.208. The second-order valence-electron chi connectivity index (χ2n) is 8.29. The molecule has 0 aromatic heterocycles. The van der Waals surface area contributed by atoms with Crippen LogP contribution in [-0.2, 0) is 20.0 Å². The lowest BCUT2D eigenvalue weighted by Crippen LogP contribution is -2.49.